The van der Waals surface area contributed by atoms with Crippen molar-refractivity contribution in [2.45, 2.75) is 20.4 Å². The quantitative estimate of drug-likeness (QED) is 0.902. The third kappa shape index (κ3) is 2.96. The van der Waals surface area contributed by atoms with Crippen molar-refractivity contribution in [1.29, 1.82) is 0 Å². The zero-order valence-electron chi connectivity index (χ0n) is 11.1. The number of carbonyl (C=O) groups is 1. The van der Waals surface area contributed by atoms with E-state index in [1.165, 1.54) is 4.88 Å². The van der Waals surface area contributed by atoms with Crippen LogP contribution in [-0.2, 0) is 6.54 Å². The van der Waals surface area contributed by atoms with E-state index in [-0.39, 0.29) is 0 Å². The lowest BCUT2D eigenvalue weighted by Gasteiger charge is -2.26. The molecule has 0 aliphatic heterocycles. The van der Waals surface area contributed by atoms with Crippen molar-refractivity contribution in [3.63, 3.8) is 0 Å². The number of rotatable bonds is 5. The normalized spacial score (nSPS) is 10.4. The first-order chi connectivity index (χ1) is 9.13. The Morgan fingerprint density at radius 2 is 2.11 bits per heavy atom. The van der Waals surface area contributed by atoms with Crippen molar-refractivity contribution in [2.24, 2.45) is 0 Å². The Balaban J connectivity index is 2.40. The van der Waals surface area contributed by atoms with Gasteiger partial charge in [0.25, 0.3) is 0 Å². The van der Waals surface area contributed by atoms with Crippen LogP contribution in [0.1, 0.15) is 27.7 Å². The number of nitrogens with zero attached hydrogens (tertiary/aromatic N) is 1. The van der Waals surface area contributed by atoms with Gasteiger partial charge in [0.2, 0.25) is 0 Å². The maximum atomic E-state index is 11.4. The van der Waals surface area contributed by atoms with E-state index in [0.717, 1.165) is 24.3 Å². The highest BCUT2D eigenvalue weighted by Crippen LogP contribution is 2.27. The van der Waals surface area contributed by atoms with E-state index < -0.39 is 5.97 Å². The van der Waals surface area contributed by atoms with Gasteiger partial charge in [-0.05, 0) is 36.9 Å². The molecule has 0 aliphatic carbocycles. The summed E-state index contributed by atoms with van der Waals surface area (Å²) in [5, 5.41) is 11.4. The van der Waals surface area contributed by atoms with E-state index in [1.807, 2.05) is 31.4 Å². The van der Waals surface area contributed by atoms with E-state index >= 15 is 0 Å². The highest BCUT2D eigenvalue weighted by molar-refractivity contribution is 7.09. The topological polar surface area (TPSA) is 40.5 Å². The van der Waals surface area contributed by atoms with Gasteiger partial charge < -0.3 is 10.0 Å². The Kier molecular flexibility index (Phi) is 4.22. The first-order valence-electron chi connectivity index (χ1n) is 6.23. The van der Waals surface area contributed by atoms with Gasteiger partial charge in [-0.2, -0.15) is 0 Å². The molecular weight excluding hydrogens is 258 g/mol. The monoisotopic (exact) mass is 275 g/mol. The van der Waals surface area contributed by atoms with Crippen molar-refractivity contribution in [2.75, 3.05) is 11.4 Å². The van der Waals surface area contributed by atoms with Gasteiger partial charge in [-0.15, -0.1) is 11.3 Å². The number of benzene rings is 1. The molecule has 1 N–H and O–H groups in total. The van der Waals surface area contributed by atoms with Crippen LogP contribution in [0, 0.1) is 6.92 Å². The Morgan fingerprint density at radius 3 is 2.68 bits per heavy atom. The lowest BCUT2D eigenvalue weighted by atomic mass is 10.1. The van der Waals surface area contributed by atoms with Crippen LogP contribution in [0.5, 0.6) is 0 Å². The maximum Gasteiger partial charge on any atom is 0.337 e. The Hall–Kier alpha value is -1.81. The molecule has 0 spiro atoms. The number of anilines is 1. The van der Waals surface area contributed by atoms with E-state index in [2.05, 4.69) is 11.0 Å². The van der Waals surface area contributed by atoms with Crippen molar-refractivity contribution >= 4 is 23.0 Å². The number of aryl methyl sites for hydroxylation is 1. The summed E-state index contributed by atoms with van der Waals surface area (Å²) in [6, 6.07) is 9.51. The molecule has 100 valence electrons. The first kappa shape index (κ1) is 13.6. The van der Waals surface area contributed by atoms with Gasteiger partial charge in [0.05, 0.1) is 17.8 Å². The van der Waals surface area contributed by atoms with Crippen LogP contribution in [-0.4, -0.2) is 17.6 Å². The second-order valence-corrected chi connectivity index (χ2v) is 5.40. The molecule has 1 aromatic carbocycles. The van der Waals surface area contributed by atoms with Crippen molar-refractivity contribution in [3.8, 4) is 0 Å². The molecule has 1 heterocycles. The molecular formula is C15H17NO2S. The van der Waals surface area contributed by atoms with Gasteiger partial charge in [-0.3, -0.25) is 0 Å². The fourth-order valence-electron chi connectivity index (χ4n) is 2.19. The van der Waals surface area contributed by atoms with Crippen LogP contribution < -0.4 is 4.90 Å². The molecule has 2 aromatic rings. The molecule has 0 atom stereocenters. The Morgan fingerprint density at radius 1 is 1.32 bits per heavy atom. The van der Waals surface area contributed by atoms with Crippen molar-refractivity contribution < 1.29 is 9.90 Å². The maximum absolute atomic E-state index is 11.4. The summed E-state index contributed by atoms with van der Waals surface area (Å²) in [5.74, 6) is -0.872. The number of carboxylic acid groups (broad SMARTS) is 1. The minimum Gasteiger partial charge on any atom is -0.478 e. The second kappa shape index (κ2) is 5.89. The molecule has 2 rings (SSSR count). The van der Waals surface area contributed by atoms with Crippen LogP contribution in [0.25, 0.3) is 0 Å². The van der Waals surface area contributed by atoms with Gasteiger partial charge in [0.15, 0.2) is 0 Å². The summed E-state index contributed by atoms with van der Waals surface area (Å²) in [6.07, 6.45) is 0. The third-order valence-corrected chi connectivity index (χ3v) is 3.95. The van der Waals surface area contributed by atoms with E-state index in [4.69, 9.17) is 0 Å². The standard InChI is InChI=1S/C15H17NO2S/c1-3-16(10-12-7-5-9-19-12)14-11(2)6-4-8-13(14)15(17)18/h4-9H,3,10H2,1-2H3,(H,17,18). The molecule has 3 nitrogen and oxygen atoms in total. The molecule has 0 amide bonds. The Labute approximate surface area is 117 Å². The molecule has 0 saturated carbocycles. The summed E-state index contributed by atoms with van der Waals surface area (Å²) in [5.41, 5.74) is 2.20. The van der Waals surface area contributed by atoms with Crippen LogP contribution >= 0.6 is 11.3 Å². The largest absolute Gasteiger partial charge is 0.478 e. The van der Waals surface area contributed by atoms with E-state index in [1.54, 1.807) is 23.5 Å². The fourth-order valence-corrected chi connectivity index (χ4v) is 2.91. The summed E-state index contributed by atoms with van der Waals surface area (Å²) in [4.78, 5) is 14.7. The molecule has 0 aliphatic rings. The molecule has 19 heavy (non-hydrogen) atoms. The minimum atomic E-state index is -0.872. The number of carboxylic acids is 1. The predicted octanol–water partition coefficient (Wildman–Crippen LogP) is 3.78. The zero-order valence-corrected chi connectivity index (χ0v) is 11.9. The SMILES string of the molecule is CCN(Cc1cccs1)c1c(C)cccc1C(=O)O. The average molecular weight is 275 g/mol. The van der Waals surface area contributed by atoms with Gasteiger partial charge >= 0.3 is 5.97 Å². The van der Waals surface area contributed by atoms with E-state index in [9.17, 15) is 9.90 Å². The van der Waals surface area contributed by atoms with Crippen LogP contribution in [0.4, 0.5) is 5.69 Å². The highest BCUT2D eigenvalue weighted by Gasteiger charge is 2.17. The molecule has 0 fully saturated rings. The van der Waals surface area contributed by atoms with Crippen LogP contribution in [0.3, 0.4) is 0 Å². The summed E-state index contributed by atoms with van der Waals surface area (Å²) in [7, 11) is 0. The summed E-state index contributed by atoms with van der Waals surface area (Å²) in [6.45, 7) is 5.53. The molecule has 0 unspecified atom stereocenters. The smallest absolute Gasteiger partial charge is 0.337 e. The average Bonchev–Trinajstić information content (AvgIpc) is 2.89. The summed E-state index contributed by atoms with van der Waals surface area (Å²) >= 11 is 1.69. The molecule has 0 radical (unpaired) electrons. The fraction of sp³-hybridized carbons (Fsp3) is 0.267. The minimum absolute atomic E-state index is 0.374. The molecule has 4 heteroatoms. The number of hydrogen-bond donors (Lipinski definition) is 1. The van der Waals surface area contributed by atoms with Crippen molar-refractivity contribution in [3.05, 3.63) is 51.7 Å². The number of aromatic carboxylic acids is 1. The molecule has 1 aromatic heterocycles. The van der Waals surface area contributed by atoms with Gasteiger partial charge in [-0.25, -0.2) is 4.79 Å². The third-order valence-electron chi connectivity index (χ3n) is 3.09. The lowest BCUT2D eigenvalue weighted by molar-refractivity contribution is 0.0697. The number of hydrogen-bond acceptors (Lipinski definition) is 3. The lowest BCUT2D eigenvalue weighted by Crippen LogP contribution is -2.24. The van der Waals surface area contributed by atoms with Crippen molar-refractivity contribution in [1.82, 2.24) is 0 Å². The zero-order chi connectivity index (χ0) is 13.8. The molecule has 0 saturated heterocycles. The van der Waals surface area contributed by atoms with Gasteiger partial charge in [-0.1, -0.05) is 18.2 Å². The van der Waals surface area contributed by atoms with Crippen LogP contribution in [0.15, 0.2) is 35.7 Å². The number of para-hydroxylation sites is 1. The van der Waals surface area contributed by atoms with Crippen LogP contribution in [0.2, 0.25) is 0 Å². The predicted molar refractivity (Wildman–Crippen MR) is 79.2 cm³/mol. The van der Waals surface area contributed by atoms with Gasteiger partial charge in [0, 0.05) is 11.4 Å². The van der Waals surface area contributed by atoms with E-state index in [0.29, 0.717) is 5.56 Å². The highest BCUT2D eigenvalue weighted by atomic mass is 32.1. The second-order valence-electron chi connectivity index (χ2n) is 4.37. The summed E-state index contributed by atoms with van der Waals surface area (Å²) < 4.78 is 0. The Bertz CT molecular complexity index is 564. The van der Waals surface area contributed by atoms with Gasteiger partial charge in [0.1, 0.15) is 0 Å². The number of thiophene rings is 1. The molecule has 0 bridgehead atoms. The first-order valence-corrected chi connectivity index (χ1v) is 7.11.